The highest BCUT2D eigenvalue weighted by Gasteiger charge is 2.30. The molecule has 2 atom stereocenters. The highest BCUT2D eigenvalue weighted by molar-refractivity contribution is 5.37. The molecule has 0 aliphatic heterocycles. The number of fused-ring (bicyclic) bond motifs is 1. The summed E-state index contributed by atoms with van der Waals surface area (Å²) in [5.41, 5.74) is 18.9. The summed E-state index contributed by atoms with van der Waals surface area (Å²) in [6, 6.07) is 7.02. The minimum absolute atomic E-state index is 0.289. The van der Waals surface area contributed by atoms with Gasteiger partial charge in [-0.25, -0.2) is 0 Å². The van der Waals surface area contributed by atoms with Crippen LogP contribution in [-0.2, 0) is 6.42 Å². The fourth-order valence-corrected chi connectivity index (χ4v) is 1.92. The summed E-state index contributed by atoms with van der Waals surface area (Å²) in [5, 5.41) is 7.33. The average Bonchev–Trinajstić information content (AvgIpc) is 2.59. The van der Waals surface area contributed by atoms with Crippen molar-refractivity contribution in [2.75, 3.05) is 0 Å². The second kappa shape index (κ2) is 3.92. The number of hydrogen-bond acceptors (Lipinski definition) is 2. The Hall–Kier alpha value is -2.16. The summed E-state index contributed by atoms with van der Waals surface area (Å²) in [4.78, 5) is 5.57. The number of nitrogens with zero attached hydrogens (tertiary/aromatic N) is 6. The first kappa shape index (κ1) is 9.40. The van der Waals surface area contributed by atoms with E-state index in [-0.39, 0.29) is 12.1 Å². The first-order valence-electron chi connectivity index (χ1n) is 4.53. The number of azide groups is 2. The summed E-state index contributed by atoms with van der Waals surface area (Å²) < 4.78 is 0. The quantitative estimate of drug-likeness (QED) is 0.397. The molecule has 0 fully saturated rings. The molecule has 0 saturated heterocycles. The molecule has 1 aliphatic carbocycles. The van der Waals surface area contributed by atoms with Gasteiger partial charge in [0.05, 0.1) is 12.1 Å². The van der Waals surface area contributed by atoms with Crippen molar-refractivity contribution in [3.63, 3.8) is 0 Å². The van der Waals surface area contributed by atoms with Gasteiger partial charge in [0, 0.05) is 9.82 Å². The van der Waals surface area contributed by atoms with E-state index in [9.17, 15) is 0 Å². The van der Waals surface area contributed by atoms with Crippen molar-refractivity contribution < 1.29 is 0 Å². The molecule has 0 heterocycles. The summed E-state index contributed by atoms with van der Waals surface area (Å²) in [6.45, 7) is 0. The molecule has 0 spiro atoms. The SMILES string of the molecule is [N-]=[N+]=N[C@@H]1c2ccccc2C[C@H]1N=[N+]=[N-]. The maximum absolute atomic E-state index is 8.46. The molecule has 0 bridgehead atoms. The Bertz CT molecular complexity index is 469. The van der Waals surface area contributed by atoms with Gasteiger partial charge in [-0.1, -0.05) is 34.5 Å². The van der Waals surface area contributed by atoms with Gasteiger partial charge >= 0.3 is 0 Å². The fourth-order valence-electron chi connectivity index (χ4n) is 1.92. The van der Waals surface area contributed by atoms with Gasteiger partial charge in [-0.3, -0.25) is 0 Å². The van der Waals surface area contributed by atoms with Crippen LogP contribution in [0.25, 0.3) is 20.9 Å². The maximum Gasteiger partial charge on any atom is 0.0715 e. The molecule has 2 rings (SSSR count). The summed E-state index contributed by atoms with van der Waals surface area (Å²) in [6.07, 6.45) is 0.643. The van der Waals surface area contributed by atoms with Crippen molar-refractivity contribution in [1.29, 1.82) is 0 Å². The third kappa shape index (κ3) is 1.59. The molecule has 1 aromatic carbocycles. The zero-order chi connectivity index (χ0) is 10.7. The highest BCUT2D eigenvalue weighted by atomic mass is 15.2. The van der Waals surface area contributed by atoms with E-state index in [0.717, 1.165) is 11.1 Å². The Labute approximate surface area is 85.8 Å². The lowest BCUT2D eigenvalue weighted by Crippen LogP contribution is -2.07. The van der Waals surface area contributed by atoms with Crippen molar-refractivity contribution in [3.8, 4) is 0 Å². The Kier molecular flexibility index (Phi) is 2.46. The standard InChI is InChI=1S/C9H8N6/c10-14-12-8-5-6-3-1-2-4-7(6)9(8)13-15-11/h1-4,8-9H,5H2/t8-,9-/m1/s1. The van der Waals surface area contributed by atoms with Crippen LogP contribution in [0.4, 0.5) is 0 Å². The average molecular weight is 200 g/mol. The van der Waals surface area contributed by atoms with Gasteiger partial charge in [0.2, 0.25) is 0 Å². The zero-order valence-corrected chi connectivity index (χ0v) is 7.85. The lowest BCUT2D eigenvalue weighted by molar-refractivity contribution is 0.587. The predicted octanol–water partition coefficient (Wildman–Crippen LogP) is 3.27. The largest absolute Gasteiger partial charge is 0.0895 e. The van der Waals surface area contributed by atoms with Crippen molar-refractivity contribution in [3.05, 3.63) is 56.3 Å². The highest BCUT2D eigenvalue weighted by Crippen LogP contribution is 2.36. The second-order valence-corrected chi connectivity index (χ2v) is 3.32. The van der Waals surface area contributed by atoms with E-state index in [2.05, 4.69) is 20.1 Å². The molecular weight excluding hydrogens is 192 g/mol. The van der Waals surface area contributed by atoms with Crippen molar-refractivity contribution in [1.82, 2.24) is 0 Å². The van der Waals surface area contributed by atoms with E-state index in [1.54, 1.807) is 0 Å². The van der Waals surface area contributed by atoms with E-state index in [4.69, 9.17) is 11.1 Å². The van der Waals surface area contributed by atoms with Crippen LogP contribution in [0.5, 0.6) is 0 Å². The molecule has 0 N–H and O–H groups in total. The van der Waals surface area contributed by atoms with E-state index < -0.39 is 0 Å². The van der Waals surface area contributed by atoms with E-state index in [1.807, 2.05) is 24.3 Å². The van der Waals surface area contributed by atoms with Crippen LogP contribution in [0.3, 0.4) is 0 Å². The first-order valence-corrected chi connectivity index (χ1v) is 4.53. The van der Waals surface area contributed by atoms with Crippen LogP contribution in [-0.4, -0.2) is 6.04 Å². The molecule has 0 aromatic heterocycles. The molecule has 1 aromatic rings. The van der Waals surface area contributed by atoms with E-state index in [1.165, 1.54) is 0 Å². The topological polar surface area (TPSA) is 97.5 Å². The Balaban J connectivity index is 2.45. The molecule has 0 saturated carbocycles. The number of hydrogen-bond donors (Lipinski definition) is 0. The van der Waals surface area contributed by atoms with Crippen LogP contribution in [0.15, 0.2) is 34.5 Å². The lowest BCUT2D eigenvalue weighted by atomic mass is 10.1. The Morgan fingerprint density at radius 3 is 2.60 bits per heavy atom. The fraction of sp³-hybridized carbons (Fsp3) is 0.333. The van der Waals surface area contributed by atoms with Gasteiger partial charge in [-0.15, -0.1) is 0 Å². The molecule has 0 amide bonds. The molecular formula is C9H8N6. The first-order chi connectivity index (χ1) is 7.36. The van der Waals surface area contributed by atoms with E-state index in [0.29, 0.717) is 6.42 Å². The van der Waals surface area contributed by atoms with Crippen LogP contribution in [0, 0.1) is 0 Å². The van der Waals surface area contributed by atoms with Gasteiger partial charge in [-0.05, 0) is 28.6 Å². The molecule has 1 aliphatic rings. The van der Waals surface area contributed by atoms with Gasteiger partial charge in [-0.2, -0.15) is 0 Å². The third-order valence-electron chi connectivity index (χ3n) is 2.54. The number of benzene rings is 1. The number of rotatable bonds is 2. The van der Waals surface area contributed by atoms with Crippen molar-refractivity contribution in [2.24, 2.45) is 10.2 Å². The van der Waals surface area contributed by atoms with Gasteiger partial charge < -0.3 is 0 Å². The van der Waals surface area contributed by atoms with Gasteiger partial charge in [0.15, 0.2) is 0 Å². The summed E-state index contributed by atoms with van der Waals surface area (Å²) >= 11 is 0. The van der Waals surface area contributed by atoms with Crippen LogP contribution in [0.1, 0.15) is 17.2 Å². The molecule has 74 valence electrons. The minimum atomic E-state index is -0.359. The molecule has 6 nitrogen and oxygen atoms in total. The second-order valence-electron chi connectivity index (χ2n) is 3.32. The maximum atomic E-state index is 8.46. The minimum Gasteiger partial charge on any atom is -0.0895 e. The van der Waals surface area contributed by atoms with Crippen molar-refractivity contribution >= 4 is 0 Å². The third-order valence-corrected chi connectivity index (χ3v) is 2.54. The monoisotopic (exact) mass is 200 g/mol. The Morgan fingerprint density at radius 1 is 1.13 bits per heavy atom. The van der Waals surface area contributed by atoms with Crippen LogP contribution in [0.2, 0.25) is 0 Å². The van der Waals surface area contributed by atoms with E-state index >= 15 is 0 Å². The summed E-state index contributed by atoms with van der Waals surface area (Å²) in [5.74, 6) is 0. The summed E-state index contributed by atoms with van der Waals surface area (Å²) in [7, 11) is 0. The van der Waals surface area contributed by atoms with Crippen LogP contribution >= 0.6 is 0 Å². The van der Waals surface area contributed by atoms with Gasteiger partial charge in [0.25, 0.3) is 0 Å². The predicted molar refractivity (Wildman–Crippen MR) is 55.0 cm³/mol. The normalized spacial score (nSPS) is 22.4. The zero-order valence-electron chi connectivity index (χ0n) is 7.85. The molecule has 15 heavy (non-hydrogen) atoms. The molecule has 6 heteroatoms. The lowest BCUT2D eigenvalue weighted by Gasteiger charge is -2.08. The molecule has 0 unspecified atom stereocenters. The van der Waals surface area contributed by atoms with Crippen molar-refractivity contribution in [2.45, 2.75) is 18.5 Å². The van der Waals surface area contributed by atoms with Crippen LogP contribution < -0.4 is 0 Å². The van der Waals surface area contributed by atoms with Gasteiger partial charge in [0.1, 0.15) is 0 Å². The molecule has 0 radical (unpaired) electrons. The smallest absolute Gasteiger partial charge is 0.0715 e. The Morgan fingerprint density at radius 2 is 1.87 bits per heavy atom.